The van der Waals surface area contributed by atoms with Crippen molar-refractivity contribution in [2.75, 3.05) is 29.4 Å². The number of guanidine groups is 1. The second-order valence-electron chi connectivity index (χ2n) is 8.26. The van der Waals surface area contributed by atoms with Crippen LogP contribution in [0.3, 0.4) is 0 Å². The summed E-state index contributed by atoms with van der Waals surface area (Å²) in [6.07, 6.45) is 1.51. The van der Waals surface area contributed by atoms with Crippen molar-refractivity contribution in [3.63, 3.8) is 0 Å². The number of nitrogens with two attached hydrogens (primary N) is 2. The minimum absolute atomic E-state index is 0.141. The van der Waals surface area contributed by atoms with Gasteiger partial charge in [-0.1, -0.05) is 24.3 Å². The summed E-state index contributed by atoms with van der Waals surface area (Å²) in [5.74, 6) is -0.529. The third kappa shape index (κ3) is 3.63. The molecule has 31 heavy (non-hydrogen) atoms. The quantitative estimate of drug-likeness (QED) is 0.705. The summed E-state index contributed by atoms with van der Waals surface area (Å²) in [5, 5.41) is 0. The van der Waals surface area contributed by atoms with Crippen molar-refractivity contribution in [1.82, 2.24) is 4.90 Å². The molecule has 8 nitrogen and oxygen atoms in total. The third-order valence-corrected chi connectivity index (χ3v) is 8.03. The molecule has 0 unspecified atom stereocenters. The summed E-state index contributed by atoms with van der Waals surface area (Å²) in [6, 6.07) is 14.4. The molecular formula is C22H27N5O3S. The van der Waals surface area contributed by atoms with E-state index in [0.29, 0.717) is 24.3 Å². The number of rotatable bonds is 3. The van der Waals surface area contributed by atoms with Crippen molar-refractivity contribution >= 4 is 33.3 Å². The van der Waals surface area contributed by atoms with E-state index in [1.165, 1.54) is 9.21 Å². The number of likely N-dealkylation sites (N-methyl/N-ethyl adjacent to an activating group) is 1. The van der Waals surface area contributed by atoms with Crippen LogP contribution in [0.4, 0.5) is 11.4 Å². The lowest BCUT2D eigenvalue weighted by molar-refractivity contribution is -0.130. The number of sulfonamides is 1. The third-order valence-electron chi connectivity index (χ3n) is 6.16. The average Bonchev–Trinajstić information content (AvgIpc) is 2.72. The highest BCUT2D eigenvalue weighted by Crippen LogP contribution is 2.44. The van der Waals surface area contributed by atoms with Gasteiger partial charge in [-0.05, 0) is 55.2 Å². The lowest BCUT2D eigenvalue weighted by Crippen LogP contribution is -2.52. The number of amides is 1. The van der Waals surface area contributed by atoms with Gasteiger partial charge in [0.15, 0.2) is 5.96 Å². The first-order chi connectivity index (χ1) is 14.6. The number of hydrogen-bond acceptors (Lipinski definition) is 6. The molecule has 1 saturated heterocycles. The average molecular weight is 442 g/mol. The van der Waals surface area contributed by atoms with E-state index in [4.69, 9.17) is 11.5 Å². The molecule has 0 bridgehead atoms. The summed E-state index contributed by atoms with van der Waals surface area (Å²) in [7, 11) is -1.71. The molecule has 0 aromatic heterocycles. The molecule has 0 radical (unpaired) electrons. The monoisotopic (exact) mass is 441 g/mol. The molecule has 2 aromatic rings. The predicted molar refractivity (Wildman–Crippen MR) is 122 cm³/mol. The van der Waals surface area contributed by atoms with Crippen LogP contribution in [-0.2, 0) is 20.4 Å². The van der Waals surface area contributed by atoms with Gasteiger partial charge in [0.25, 0.3) is 0 Å². The van der Waals surface area contributed by atoms with Gasteiger partial charge in [-0.2, -0.15) is 0 Å². The Morgan fingerprint density at radius 1 is 1.10 bits per heavy atom. The first-order valence-electron chi connectivity index (χ1n) is 10.2. The zero-order chi connectivity index (χ0) is 22.4. The number of aliphatic imine (C=N–C) groups is 1. The Balaban J connectivity index is 1.78. The van der Waals surface area contributed by atoms with Gasteiger partial charge >= 0.3 is 0 Å². The van der Waals surface area contributed by atoms with Crippen molar-refractivity contribution in [2.45, 2.75) is 31.2 Å². The van der Waals surface area contributed by atoms with Crippen LogP contribution in [0.15, 0.2) is 53.5 Å². The molecule has 1 amide bonds. The minimum atomic E-state index is -3.31. The molecule has 0 spiro atoms. The fourth-order valence-electron chi connectivity index (χ4n) is 4.39. The maximum Gasteiger partial charge on any atom is 0.239 e. The fourth-order valence-corrected chi connectivity index (χ4v) is 6.03. The number of anilines is 2. The minimum Gasteiger partial charge on any atom is -0.399 e. The van der Waals surface area contributed by atoms with Crippen molar-refractivity contribution in [1.29, 1.82) is 0 Å². The predicted octanol–water partition coefficient (Wildman–Crippen LogP) is 1.98. The van der Waals surface area contributed by atoms with Crippen LogP contribution in [0, 0.1) is 0 Å². The van der Waals surface area contributed by atoms with Crippen LogP contribution in [0.5, 0.6) is 0 Å². The second kappa shape index (κ2) is 7.56. The Labute approximate surface area is 182 Å². The highest BCUT2D eigenvalue weighted by atomic mass is 32.2. The van der Waals surface area contributed by atoms with Gasteiger partial charge in [0.1, 0.15) is 5.54 Å². The normalized spacial score (nSPS) is 25.9. The van der Waals surface area contributed by atoms with E-state index in [-0.39, 0.29) is 17.6 Å². The van der Waals surface area contributed by atoms with Crippen LogP contribution in [0.2, 0.25) is 0 Å². The summed E-state index contributed by atoms with van der Waals surface area (Å²) in [5.41, 5.74) is 13.8. The van der Waals surface area contributed by atoms with E-state index in [1.807, 2.05) is 19.1 Å². The summed E-state index contributed by atoms with van der Waals surface area (Å²) in [6.45, 7) is 2.34. The van der Waals surface area contributed by atoms with Gasteiger partial charge in [0.05, 0.1) is 17.4 Å². The van der Waals surface area contributed by atoms with Gasteiger partial charge in [0, 0.05) is 19.3 Å². The maximum atomic E-state index is 13.3. The zero-order valence-corrected chi connectivity index (χ0v) is 18.5. The van der Waals surface area contributed by atoms with E-state index in [9.17, 15) is 13.2 Å². The van der Waals surface area contributed by atoms with Crippen molar-refractivity contribution < 1.29 is 13.2 Å². The number of carbonyl (C=O) groups excluding carboxylic acids is 1. The van der Waals surface area contributed by atoms with Crippen LogP contribution >= 0.6 is 0 Å². The van der Waals surface area contributed by atoms with Crippen LogP contribution in [-0.4, -0.2) is 44.5 Å². The van der Waals surface area contributed by atoms with Gasteiger partial charge in [-0.3, -0.25) is 14.0 Å². The standard InChI is InChI=1S/C22H27N5O3S/c1-22(16-6-5-7-17(23)14-16)19(20(28)26(2)21(24)25-22)15-8-10-18(11-9-15)27-12-3-4-13-31(27,29)30/h5-11,14,19H,3-4,12-13,23H2,1-2H3,(H2,24,25)/t19-,22+/m0/s1. The van der Waals surface area contributed by atoms with E-state index in [0.717, 1.165) is 17.5 Å². The summed E-state index contributed by atoms with van der Waals surface area (Å²) < 4.78 is 26.3. The van der Waals surface area contributed by atoms with Crippen molar-refractivity contribution in [3.8, 4) is 0 Å². The van der Waals surface area contributed by atoms with Gasteiger partial charge in [0.2, 0.25) is 15.9 Å². The molecule has 4 rings (SSSR count). The van der Waals surface area contributed by atoms with Crippen LogP contribution < -0.4 is 15.8 Å². The highest BCUT2D eigenvalue weighted by molar-refractivity contribution is 7.92. The van der Waals surface area contributed by atoms with E-state index in [2.05, 4.69) is 4.99 Å². The number of hydrogen-bond donors (Lipinski definition) is 2. The highest BCUT2D eigenvalue weighted by Gasteiger charge is 2.47. The van der Waals surface area contributed by atoms with Crippen molar-refractivity contribution in [3.05, 3.63) is 59.7 Å². The number of nitrogen functional groups attached to an aromatic ring is 1. The topological polar surface area (TPSA) is 122 Å². The first-order valence-corrected chi connectivity index (χ1v) is 11.8. The molecule has 2 heterocycles. The molecular weight excluding hydrogens is 414 g/mol. The van der Waals surface area contributed by atoms with Gasteiger partial charge in [-0.25, -0.2) is 13.4 Å². The molecule has 0 aliphatic carbocycles. The second-order valence-corrected chi connectivity index (χ2v) is 10.3. The molecule has 2 aliphatic rings. The molecule has 164 valence electrons. The molecule has 4 N–H and O–H groups in total. The summed E-state index contributed by atoms with van der Waals surface area (Å²) >= 11 is 0. The van der Waals surface area contributed by atoms with Gasteiger partial charge in [-0.15, -0.1) is 0 Å². The maximum absolute atomic E-state index is 13.3. The Morgan fingerprint density at radius 3 is 2.45 bits per heavy atom. The SMILES string of the molecule is CN1C(=O)[C@H](c2ccc(N3CCCCS3(=O)=O)cc2)[C@@](C)(c2cccc(N)c2)N=C1N. The molecule has 2 atom stereocenters. The Hall–Kier alpha value is -3.07. The number of nitrogens with zero attached hydrogens (tertiary/aromatic N) is 3. The zero-order valence-electron chi connectivity index (χ0n) is 17.7. The number of benzene rings is 2. The molecule has 0 saturated carbocycles. The van der Waals surface area contributed by atoms with E-state index >= 15 is 0 Å². The molecule has 9 heteroatoms. The van der Waals surface area contributed by atoms with Crippen LogP contribution in [0.1, 0.15) is 36.8 Å². The molecule has 2 aliphatic heterocycles. The summed E-state index contributed by atoms with van der Waals surface area (Å²) in [4.78, 5) is 19.4. The fraction of sp³-hybridized carbons (Fsp3) is 0.364. The lowest BCUT2D eigenvalue weighted by atomic mass is 9.74. The largest absolute Gasteiger partial charge is 0.399 e. The Kier molecular flexibility index (Phi) is 5.17. The van der Waals surface area contributed by atoms with E-state index < -0.39 is 21.5 Å². The van der Waals surface area contributed by atoms with Crippen LogP contribution in [0.25, 0.3) is 0 Å². The Morgan fingerprint density at radius 2 is 1.81 bits per heavy atom. The smallest absolute Gasteiger partial charge is 0.239 e. The number of carbonyl (C=O) groups is 1. The molecule has 2 aromatic carbocycles. The first kappa shape index (κ1) is 21.2. The Bertz CT molecular complexity index is 1150. The molecule has 1 fully saturated rings. The van der Waals surface area contributed by atoms with Gasteiger partial charge < -0.3 is 11.5 Å². The van der Waals surface area contributed by atoms with E-state index in [1.54, 1.807) is 43.4 Å². The lowest BCUT2D eigenvalue weighted by Gasteiger charge is -2.41. The van der Waals surface area contributed by atoms with Crippen molar-refractivity contribution in [2.24, 2.45) is 10.7 Å².